The second-order valence-electron chi connectivity index (χ2n) is 3.41. The molecule has 0 unspecified atom stereocenters. The normalized spacial score (nSPS) is 11.0. The molecule has 8 heteroatoms. The Hall–Kier alpha value is -1.47. The number of benzene rings is 1. The molecule has 0 aliphatic carbocycles. The molecule has 0 radical (unpaired) electrons. The van der Waals surface area contributed by atoms with E-state index in [-0.39, 0.29) is 5.69 Å². The molecule has 18 heavy (non-hydrogen) atoms. The average Bonchev–Trinajstić information content (AvgIpc) is 2.26. The Labute approximate surface area is 110 Å². The molecule has 6 nitrogen and oxygen atoms in total. The molecule has 0 spiro atoms. The summed E-state index contributed by atoms with van der Waals surface area (Å²) in [6.45, 7) is 0. The topological polar surface area (TPSA) is 92.7 Å². The van der Waals surface area contributed by atoms with Gasteiger partial charge in [0.25, 0.3) is 0 Å². The number of methoxy groups -OCH3 is 1. The van der Waals surface area contributed by atoms with Crippen LogP contribution in [-0.4, -0.2) is 32.4 Å². The number of carboxylic acid groups (broad SMARTS) is 1. The van der Waals surface area contributed by atoms with E-state index in [4.69, 9.17) is 21.4 Å². The van der Waals surface area contributed by atoms with E-state index in [1.807, 2.05) is 0 Å². The van der Waals surface area contributed by atoms with E-state index in [2.05, 4.69) is 4.72 Å². The molecule has 0 heterocycles. The lowest BCUT2D eigenvalue weighted by molar-refractivity contribution is -0.136. The fraction of sp³-hybridized carbons (Fsp3) is 0.300. The Balaban J connectivity index is 2.89. The van der Waals surface area contributed by atoms with Gasteiger partial charge in [0.1, 0.15) is 5.75 Å². The number of ether oxygens (including phenoxy) is 1. The second kappa shape index (κ2) is 5.92. The van der Waals surface area contributed by atoms with Crippen molar-refractivity contribution >= 4 is 33.3 Å². The minimum Gasteiger partial charge on any atom is -0.495 e. The lowest BCUT2D eigenvalue weighted by atomic mass is 10.3. The van der Waals surface area contributed by atoms with Gasteiger partial charge in [0.15, 0.2) is 0 Å². The summed E-state index contributed by atoms with van der Waals surface area (Å²) in [7, 11) is -2.36. The van der Waals surface area contributed by atoms with Crippen LogP contribution in [0.2, 0.25) is 5.02 Å². The molecule has 0 bridgehead atoms. The Morgan fingerprint density at radius 1 is 1.50 bits per heavy atom. The standard InChI is InChI=1S/C10H12ClNO5S/c1-17-9-3-2-7(11)6-8(9)12-18(15,16)5-4-10(13)14/h2-3,6,12H,4-5H2,1H3,(H,13,14). The van der Waals surface area contributed by atoms with Crippen molar-refractivity contribution in [1.82, 2.24) is 0 Å². The van der Waals surface area contributed by atoms with E-state index < -0.39 is 28.2 Å². The van der Waals surface area contributed by atoms with Crippen molar-refractivity contribution in [3.8, 4) is 5.75 Å². The van der Waals surface area contributed by atoms with Crippen LogP contribution in [0.1, 0.15) is 6.42 Å². The zero-order chi connectivity index (χ0) is 13.8. The lowest BCUT2D eigenvalue weighted by Crippen LogP contribution is -2.19. The van der Waals surface area contributed by atoms with Crippen LogP contribution in [-0.2, 0) is 14.8 Å². The molecule has 1 aromatic carbocycles. The van der Waals surface area contributed by atoms with Crippen LogP contribution in [0, 0.1) is 0 Å². The Bertz CT molecular complexity index is 543. The number of sulfonamides is 1. The predicted octanol–water partition coefficient (Wildman–Crippen LogP) is 1.56. The smallest absolute Gasteiger partial charge is 0.304 e. The molecule has 2 N–H and O–H groups in total. The van der Waals surface area contributed by atoms with E-state index in [0.29, 0.717) is 10.8 Å². The Morgan fingerprint density at radius 3 is 2.72 bits per heavy atom. The van der Waals surface area contributed by atoms with Gasteiger partial charge in [-0.3, -0.25) is 9.52 Å². The zero-order valence-electron chi connectivity index (χ0n) is 9.51. The summed E-state index contributed by atoms with van der Waals surface area (Å²) in [4.78, 5) is 10.3. The molecule has 1 rings (SSSR count). The highest BCUT2D eigenvalue weighted by molar-refractivity contribution is 7.92. The molecule has 0 amide bonds. The quantitative estimate of drug-likeness (QED) is 0.830. The maximum atomic E-state index is 11.6. The third-order valence-electron chi connectivity index (χ3n) is 2.01. The van der Waals surface area contributed by atoms with Gasteiger partial charge in [-0.15, -0.1) is 0 Å². The molecule has 0 saturated carbocycles. The molecule has 0 aliphatic heterocycles. The molecule has 0 fully saturated rings. The Kier molecular flexibility index (Phi) is 4.80. The van der Waals surface area contributed by atoms with Gasteiger partial charge in [-0.1, -0.05) is 11.6 Å². The summed E-state index contributed by atoms with van der Waals surface area (Å²) in [6, 6.07) is 4.45. The molecule has 100 valence electrons. The molecule has 0 atom stereocenters. The largest absolute Gasteiger partial charge is 0.495 e. The minimum absolute atomic E-state index is 0.176. The van der Waals surface area contributed by atoms with Crippen molar-refractivity contribution in [3.05, 3.63) is 23.2 Å². The SMILES string of the molecule is COc1ccc(Cl)cc1NS(=O)(=O)CCC(=O)O. The minimum atomic E-state index is -3.75. The van der Waals surface area contributed by atoms with E-state index in [1.54, 1.807) is 6.07 Å². The van der Waals surface area contributed by atoms with Gasteiger partial charge in [-0.2, -0.15) is 0 Å². The molecule has 1 aromatic rings. The van der Waals surface area contributed by atoms with Gasteiger partial charge in [0.05, 0.1) is 25.0 Å². The van der Waals surface area contributed by atoms with E-state index in [9.17, 15) is 13.2 Å². The lowest BCUT2D eigenvalue weighted by Gasteiger charge is -2.11. The highest BCUT2D eigenvalue weighted by Gasteiger charge is 2.15. The fourth-order valence-corrected chi connectivity index (χ4v) is 2.41. The van der Waals surface area contributed by atoms with Crippen LogP contribution in [0.5, 0.6) is 5.75 Å². The van der Waals surface area contributed by atoms with Gasteiger partial charge >= 0.3 is 5.97 Å². The van der Waals surface area contributed by atoms with Crippen LogP contribution in [0.15, 0.2) is 18.2 Å². The van der Waals surface area contributed by atoms with Gasteiger partial charge in [0.2, 0.25) is 10.0 Å². The molecular formula is C10H12ClNO5S. The predicted molar refractivity (Wildman–Crippen MR) is 67.7 cm³/mol. The first kappa shape index (κ1) is 14.6. The van der Waals surface area contributed by atoms with Crippen molar-refractivity contribution in [3.63, 3.8) is 0 Å². The van der Waals surface area contributed by atoms with Crippen LogP contribution in [0.4, 0.5) is 5.69 Å². The van der Waals surface area contributed by atoms with Crippen molar-refractivity contribution < 1.29 is 23.1 Å². The number of halogens is 1. The van der Waals surface area contributed by atoms with Gasteiger partial charge in [-0.25, -0.2) is 8.42 Å². The van der Waals surface area contributed by atoms with E-state index in [0.717, 1.165) is 0 Å². The summed E-state index contributed by atoms with van der Waals surface area (Å²) in [6.07, 6.45) is -0.474. The summed E-state index contributed by atoms with van der Waals surface area (Å²) in [5, 5.41) is 8.79. The summed E-state index contributed by atoms with van der Waals surface area (Å²) in [5.41, 5.74) is 0.176. The molecule has 0 saturated heterocycles. The third kappa shape index (κ3) is 4.42. The van der Waals surface area contributed by atoms with E-state index in [1.165, 1.54) is 19.2 Å². The molecule has 0 aliphatic rings. The van der Waals surface area contributed by atoms with Crippen LogP contribution >= 0.6 is 11.6 Å². The monoisotopic (exact) mass is 293 g/mol. The highest BCUT2D eigenvalue weighted by atomic mass is 35.5. The van der Waals surface area contributed by atoms with E-state index >= 15 is 0 Å². The van der Waals surface area contributed by atoms with Crippen LogP contribution < -0.4 is 9.46 Å². The summed E-state index contributed by atoms with van der Waals surface area (Å²) >= 11 is 5.75. The summed E-state index contributed by atoms with van der Waals surface area (Å²) in [5.74, 6) is -1.39. The fourth-order valence-electron chi connectivity index (χ4n) is 1.20. The highest BCUT2D eigenvalue weighted by Crippen LogP contribution is 2.28. The van der Waals surface area contributed by atoms with Gasteiger partial charge < -0.3 is 9.84 Å². The number of hydrogen-bond acceptors (Lipinski definition) is 4. The number of carbonyl (C=O) groups is 1. The average molecular weight is 294 g/mol. The van der Waals surface area contributed by atoms with Crippen molar-refractivity contribution in [2.45, 2.75) is 6.42 Å². The number of anilines is 1. The maximum absolute atomic E-state index is 11.6. The van der Waals surface area contributed by atoms with Gasteiger partial charge in [-0.05, 0) is 18.2 Å². The van der Waals surface area contributed by atoms with Crippen molar-refractivity contribution in [1.29, 1.82) is 0 Å². The Morgan fingerprint density at radius 2 is 2.17 bits per heavy atom. The number of rotatable bonds is 6. The van der Waals surface area contributed by atoms with Crippen molar-refractivity contribution in [2.24, 2.45) is 0 Å². The first-order valence-corrected chi connectivity index (χ1v) is 6.93. The number of nitrogens with one attached hydrogen (secondary N) is 1. The van der Waals surface area contributed by atoms with Crippen LogP contribution in [0.3, 0.4) is 0 Å². The molecule has 0 aromatic heterocycles. The van der Waals surface area contributed by atoms with Gasteiger partial charge in [0, 0.05) is 5.02 Å². The first-order valence-electron chi connectivity index (χ1n) is 4.90. The maximum Gasteiger partial charge on any atom is 0.304 e. The second-order valence-corrected chi connectivity index (χ2v) is 5.69. The third-order valence-corrected chi connectivity index (χ3v) is 3.52. The summed E-state index contributed by atoms with van der Waals surface area (Å²) < 4.78 is 30.4. The first-order chi connectivity index (χ1) is 8.34. The van der Waals surface area contributed by atoms with Crippen LogP contribution in [0.25, 0.3) is 0 Å². The number of carboxylic acids is 1. The zero-order valence-corrected chi connectivity index (χ0v) is 11.1. The number of hydrogen-bond donors (Lipinski definition) is 2. The number of aliphatic carboxylic acids is 1. The molecular weight excluding hydrogens is 282 g/mol. The van der Waals surface area contributed by atoms with Crippen molar-refractivity contribution in [2.75, 3.05) is 17.6 Å².